The van der Waals surface area contributed by atoms with Gasteiger partial charge in [0, 0.05) is 42.9 Å². The first-order valence-electron chi connectivity index (χ1n) is 13.1. The number of hydrogen-bond donors (Lipinski definition) is 1. The summed E-state index contributed by atoms with van der Waals surface area (Å²) in [6, 6.07) is 14.6. The molecule has 3 aromatic carbocycles. The third-order valence-electron chi connectivity index (χ3n) is 6.47. The van der Waals surface area contributed by atoms with Crippen LogP contribution in [0.2, 0.25) is 0 Å². The van der Waals surface area contributed by atoms with Crippen molar-refractivity contribution >= 4 is 16.9 Å². The molecule has 5 rings (SSSR count). The molecule has 0 saturated carbocycles. The molecule has 14 heteroatoms. The van der Waals surface area contributed by atoms with Gasteiger partial charge in [-0.05, 0) is 66.7 Å². The summed E-state index contributed by atoms with van der Waals surface area (Å²) in [7, 11) is 0. The van der Waals surface area contributed by atoms with E-state index in [4.69, 9.17) is 4.74 Å². The van der Waals surface area contributed by atoms with Crippen LogP contribution in [-0.4, -0.2) is 72.9 Å². The molecule has 1 N–H and O–H groups in total. The fourth-order valence-electron chi connectivity index (χ4n) is 4.48. The molecule has 0 bridgehead atoms. The number of carbonyl (C=O) groups is 1. The van der Waals surface area contributed by atoms with Crippen LogP contribution in [-0.2, 0) is 4.74 Å². The summed E-state index contributed by atoms with van der Waals surface area (Å²) in [6.45, 7) is 3.95. The molecule has 0 aliphatic carbocycles. The van der Waals surface area contributed by atoms with E-state index in [1.807, 2.05) is 0 Å². The summed E-state index contributed by atoms with van der Waals surface area (Å²) in [4.78, 5) is 24.3. The fourth-order valence-corrected chi connectivity index (χ4v) is 4.48. The second kappa shape index (κ2) is 12.4. The van der Waals surface area contributed by atoms with Crippen molar-refractivity contribution < 1.29 is 45.3 Å². The highest BCUT2D eigenvalue weighted by Crippen LogP contribution is 2.34. The summed E-state index contributed by atoms with van der Waals surface area (Å²) in [5.41, 5.74) is 2.24. The van der Waals surface area contributed by atoms with Gasteiger partial charge in [0.2, 0.25) is 0 Å². The van der Waals surface area contributed by atoms with Crippen LogP contribution in [0.3, 0.4) is 0 Å². The average Bonchev–Trinajstić information content (AvgIpc) is 2.96. The first-order valence-corrected chi connectivity index (χ1v) is 13.1. The quantitative estimate of drug-likeness (QED) is 0.253. The third kappa shape index (κ3) is 8.11. The van der Waals surface area contributed by atoms with E-state index in [1.165, 1.54) is 24.3 Å². The SMILES string of the molecule is O=C(NCCN1CCOCC1)c1ccc2nc(-c3ccc(OC(F)(F)F)cc3)c(-c3ccc(OC(F)(F)F)cc3)nc2c1. The normalized spacial score (nSPS) is 14.5. The zero-order chi connectivity index (χ0) is 30.6. The summed E-state index contributed by atoms with van der Waals surface area (Å²) in [5, 5.41) is 2.87. The van der Waals surface area contributed by atoms with E-state index in [-0.39, 0.29) is 17.3 Å². The smallest absolute Gasteiger partial charge is 0.406 e. The van der Waals surface area contributed by atoms with E-state index in [0.717, 1.165) is 37.4 Å². The molecule has 1 amide bonds. The summed E-state index contributed by atoms with van der Waals surface area (Å²) in [5.74, 6) is -1.21. The molecule has 0 radical (unpaired) electrons. The van der Waals surface area contributed by atoms with Crippen molar-refractivity contribution in [3.63, 3.8) is 0 Å². The van der Waals surface area contributed by atoms with Gasteiger partial charge in [-0.3, -0.25) is 9.69 Å². The molecule has 1 fully saturated rings. The van der Waals surface area contributed by atoms with Gasteiger partial charge < -0.3 is 19.5 Å². The molecule has 0 atom stereocenters. The van der Waals surface area contributed by atoms with Crippen LogP contribution in [0, 0.1) is 0 Å². The van der Waals surface area contributed by atoms with Gasteiger partial charge in [0.05, 0.1) is 35.6 Å². The van der Waals surface area contributed by atoms with Gasteiger partial charge in [0.15, 0.2) is 0 Å². The molecule has 1 aliphatic rings. The third-order valence-corrected chi connectivity index (χ3v) is 6.47. The molecule has 4 aromatic rings. The number of ether oxygens (including phenoxy) is 3. The fraction of sp³-hybridized carbons (Fsp3) is 0.276. The number of amides is 1. The first kappa shape index (κ1) is 30.0. The zero-order valence-electron chi connectivity index (χ0n) is 22.3. The number of hydrogen-bond acceptors (Lipinski definition) is 7. The molecule has 0 spiro atoms. The van der Waals surface area contributed by atoms with Crippen LogP contribution in [0.15, 0.2) is 66.7 Å². The minimum Gasteiger partial charge on any atom is -0.406 e. The Morgan fingerprint density at radius 1 is 0.767 bits per heavy atom. The van der Waals surface area contributed by atoms with Gasteiger partial charge in [-0.15, -0.1) is 26.3 Å². The van der Waals surface area contributed by atoms with Crippen molar-refractivity contribution in [3.05, 3.63) is 72.3 Å². The van der Waals surface area contributed by atoms with Crippen LogP contribution in [0.5, 0.6) is 11.5 Å². The number of nitrogens with zero attached hydrogens (tertiary/aromatic N) is 3. The molecule has 8 nitrogen and oxygen atoms in total. The van der Waals surface area contributed by atoms with Crippen LogP contribution in [0.25, 0.3) is 33.5 Å². The summed E-state index contributed by atoms with van der Waals surface area (Å²) in [6.07, 6.45) is -9.75. The highest BCUT2D eigenvalue weighted by molar-refractivity contribution is 5.98. The Morgan fingerprint density at radius 2 is 1.28 bits per heavy atom. The Hall–Kier alpha value is -4.43. The highest BCUT2D eigenvalue weighted by atomic mass is 19.4. The predicted octanol–water partition coefficient (Wildman–Crippen LogP) is 5.82. The van der Waals surface area contributed by atoms with Crippen LogP contribution in [0.1, 0.15) is 10.4 Å². The Labute approximate surface area is 241 Å². The topological polar surface area (TPSA) is 85.8 Å². The maximum atomic E-state index is 12.9. The molecule has 226 valence electrons. The molecule has 2 heterocycles. The van der Waals surface area contributed by atoms with Crippen molar-refractivity contribution in [2.24, 2.45) is 0 Å². The number of nitrogens with one attached hydrogen (secondary N) is 1. The van der Waals surface area contributed by atoms with E-state index in [2.05, 4.69) is 29.7 Å². The standard InChI is InChI=1S/C29H24F6N4O4/c30-28(31,32)42-21-6-1-18(2-7-21)25-26(19-3-8-22(9-4-19)43-29(33,34)35)38-24-17-20(5-10-23(24)37-25)27(40)36-11-12-39-13-15-41-16-14-39/h1-10,17H,11-16H2,(H,36,40). The molecule has 0 unspecified atom stereocenters. The molecular weight excluding hydrogens is 582 g/mol. The van der Waals surface area contributed by atoms with Crippen LogP contribution >= 0.6 is 0 Å². The maximum Gasteiger partial charge on any atom is 0.573 e. The van der Waals surface area contributed by atoms with Gasteiger partial charge in [0.1, 0.15) is 11.5 Å². The van der Waals surface area contributed by atoms with Gasteiger partial charge in [-0.25, -0.2) is 9.97 Å². The Balaban J connectivity index is 1.46. The lowest BCUT2D eigenvalue weighted by Crippen LogP contribution is -2.41. The van der Waals surface area contributed by atoms with Crippen molar-refractivity contribution in [2.45, 2.75) is 12.7 Å². The van der Waals surface area contributed by atoms with Crippen LogP contribution in [0.4, 0.5) is 26.3 Å². The van der Waals surface area contributed by atoms with E-state index in [9.17, 15) is 31.1 Å². The number of rotatable bonds is 8. The van der Waals surface area contributed by atoms with E-state index in [1.54, 1.807) is 18.2 Å². The Kier molecular flexibility index (Phi) is 8.69. The van der Waals surface area contributed by atoms with Crippen molar-refractivity contribution in [3.8, 4) is 34.0 Å². The maximum absolute atomic E-state index is 12.9. The molecule has 1 saturated heterocycles. The van der Waals surface area contributed by atoms with E-state index >= 15 is 0 Å². The van der Waals surface area contributed by atoms with Gasteiger partial charge >= 0.3 is 12.7 Å². The number of fused-ring (bicyclic) bond motifs is 1. The Morgan fingerprint density at radius 3 is 1.79 bits per heavy atom. The summed E-state index contributed by atoms with van der Waals surface area (Å²) < 4.78 is 89.2. The highest BCUT2D eigenvalue weighted by Gasteiger charge is 2.32. The number of aromatic nitrogens is 2. The minimum absolute atomic E-state index is 0.223. The Bertz CT molecular complexity index is 1570. The van der Waals surface area contributed by atoms with Gasteiger partial charge in [-0.2, -0.15) is 0 Å². The van der Waals surface area contributed by atoms with E-state index < -0.39 is 24.2 Å². The van der Waals surface area contributed by atoms with Crippen molar-refractivity contribution in [2.75, 3.05) is 39.4 Å². The lowest BCUT2D eigenvalue weighted by atomic mass is 10.0. The van der Waals surface area contributed by atoms with E-state index in [0.29, 0.717) is 54.0 Å². The second-order valence-corrected chi connectivity index (χ2v) is 9.48. The van der Waals surface area contributed by atoms with Crippen molar-refractivity contribution in [1.29, 1.82) is 0 Å². The average molecular weight is 607 g/mol. The van der Waals surface area contributed by atoms with Crippen molar-refractivity contribution in [1.82, 2.24) is 20.2 Å². The minimum atomic E-state index is -4.88. The molecule has 1 aliphatic heterocycles. The number of alkyl halides is 6. The van der Waals surface area contributed by atoms with Gasteiger partial charge in [0.25, 0.3) is 5.91 Å². The number of carbonyl (C=O) groups excluding carboxylic acids is 1. The lowest BCUT2D eigenvalue weighted by Gasteiger charge is -2.26. The number of benzene rings is 3. The zero-order valence-corrected chi connectivity index (χ0v) is 22.3. The molecule has 43 heavy (non-hydrogen) atoms. The molecular formula is C29H24F6N4O4. The van der Waals surface area contributed by atoms with Gasteiger partial charge in [-0.1, -0.05) is 0 Å². The largest absolute Gasteiger partial charge is 0.573 e. The number of morpholine rings is 1. The molecule has 1 aromatic heterocycles. The monoisotopic (exact) mass is 606 g/mol. The predicted molar refractivity (Wildman–Crippen MR) is 143 cm³/mol. The summed E-state index contributed by atoms with van der Waals surface area (Å²) >= 11 is 0. The number of halogens is 6. The first-order chi connectivity index (χ1) is 20.4. The second-order valence-electron chi connectivity index (χ2n) is 9.48. The van der Waals surface area contributed by atoms with Crippen LogP contribution < -0.4 is 14.8 Å². The lowest BCUT2D eigenvalue weighted by molar-refractivity contribution is -0.275.